The molecule has 0 bridgehead atoms. The molecule has 1 aromatic carbocycles. The zero-order valence-corrected chi connectivity index (χ0v) is 15.4. The van der Waals surface area contributed by atoms with Gasteiger partial charge in [0.25, 0.3) is 5.91 Å². The highest BCUT2D eigenvalue weighted by Gasteiger charge is 2.41. The summed E-state index contributed by atoms with van der Waals surface area (Å²) in [5.74, 6) is -1.87. The van der Waals surface area contributed by atoms with Crippen molar-refractivity contribution in [3.63, 3.8) is 0 Å². The fourth-order valence-electron chi connectivity index (χ4n) is 2.98. The van der Waals surface area contributed by atoms with Crippen molar-refractivity contribution < 1.29 is 19.4 Å². The van der Waals surface area contributed by atoms with Gasteiger partial charge in [-0.2, -0.15) is 0 Å². The Labute approximate surface area is 150 Å². The highest BCUT2D eigenvalue weighted by molar-refractivity contribution is 5.87. The largest absolute Gasteiger partial charge is 0.481 e. The summed E-state index contributed by atoms with van der Waals surface area (Å²) in [7, 11) is 0. The highest BCUT2D eigenvalue weighted by Crippen LogP contribution is 2.25. The lowest BCUT2D eigenvalue weighted by molar-refractivity contribution is -0.153. The molecule has 0 saturated carbocycles. The summed E-state index contributed by atoms with van der Waals surface area (Å²) in [6.07, 6.45) is 1.16. The van der Waals surface area contributed by atoms with Gasteiger partial charge in [-0.1, -0.05) is 51.1 Å². The number of carboxylic acids is 1. The maximum absolute atomic E-state index is 12.9. The van der Waals surface area contributed by atoms with Crippen LogP contribution in [-0.2, 0) is 20.7 Å². The fraction of sp³-hybridized carbons (Fsp3) is 0.600. The SMILES string of the molecule is CC(C)(C)CCN(CCc1ccccc1)C(=O)C1OCCC1C(=O)O. The van der Waals surface area contributed by atoms with Gasteiger partial charge < -0.3 is 14.7 Å². The van der Waals surface area contributed by atoms with Crippen LogP contribution in [0.1, 0.15) is 39.2 Å². The minimum absolute atomic E-state index is 0.105. The van der Waals surface area contributed by atoms with Crippen molar-refractivity contribution in [1.82, 2.24) is 4.90 Å². The number of benzene rings is 1. The van der Waals surface area contributed by atoms with Gasteiger partial charge in [-0.15, -0.1) is 0 Å². The molecule has 0 aromatic heterocycles. The second kappa shape index (κ2) is 8.48. The lowest BCUT2D eigenvalue weighted by atomic mass is 9.91. The second-order valence-electron chi connectivity index (χ2n) is 7.90. The van der Waals surface area contributed by atoms with Crippen LogP contribution in [0.2, 0.25) is 0 Å². The standard InChI is InChI=1S/C20H29NO4/c1-20(2,3)11-13-21(12-9-15-7-5-4-6-8-15)18(22)17-16(19(23)24)10-14-25-17/h4-8,16-17H,9-14H2,1-3H3,(H,23,24). The molecule has 2 atom stereocenters. The van der Waals surface area contributed by atoms with Crippen LogP contribution in [0.15, 0.2) is 30.3 Å². The maximum Gasteiger partial charge on any atom is 0.309 e. The van der Waals surface area contributed by atoms with E-state index in [9.17, 15) is 14.7 Å². The zero-order valence-electron chi connectivity index (χ0n) is 15.4. The molecule has 1 amide bonds. The highest BCUT2D eigenvalue weighted by atomic mass is 16.5. The summed E-state index contributed by atoms with van der Waals surface area (Å²) in [5.41, 5.74) is 1.27. The van der Waals surface area contributed by atoms with E-state index in [0.717, 1.165) is 18.4 Å². The Morgan fingerprint density at radius 2 is 1.88 bits per heavy atom. The van der Waals surface area contributed by atoms with Crippen molar-refractivity contribution >= 4 is 11.9 Å². The summed E-state index contributed by atoms with van der Waals surface area (Å²) >= 11 is 0. The van der Waals surface area contributed by atoms with Crippen LogP contribution in [0.3, 0.4) is 0 Å². The molecule has 138 valence electrons. The molecule has 2 rings (SSSR count). The third kappa shape index (κ3) is 5.85. The smallest absolute Gasteiger partial charge is 0.309 e. The van der Waals surface area contributed by atoms with E-state index in [1.165, 1.54) is 0 Å². The number of hydrogen-bond donors (Lipinski definition) is 1. The van der Waals surface area contributed by atoms with Crippen molar-refractivity contribution in [2.75, 3.05) is 19.7 Å². The Balaban J connectivity index is 2.06. The predicted molar refractivity (Wildman–Crippen MR) is 96.3 cm³/mol. The lowest BCUT2D eigenvalue weighted by Crippen LogP contribution is -2.45. The zero-order chi connectivity index (χ0) is 18.4. The van der Waals surface area contributed by atoms with Gasteiger partial charge in [-0.3, -0.25) is 9.59 Å². The molecule has 5 heteroatoms. The van der Waals surface area contributed by atoms with E-state index in [2.05, 4.69) is 20.8 Å². The van der Waals surface area contributed by atoms with E-state index in [1.54, 1.807) is 4.90 Å². The molecule has 2 unspecified atom stereocenters. The average molecular weight is 347 g/mol. The van der Waals surface area contributed by atoms with Crippen LogP contribution in [0.5, 0.6) is 0 Å². The summed E-state index contributed by atoms with van der Waals surface area (Å²) in [5, 5.41) is 9.33. The number of amides is 1. The number of carboxylic acid groups (broad SMARTS) is 1. The van der Waals surface area contributed by atoms with Crippen molar-refractivity contribution in [3.8, 4) is 0 Å². The summed E-state index contributed by atoms with van der Waals surface area (Å²) in [4.78, 5) is 26.1. The van der Waals surface area contributed by atoms with Gasteiger partial charge in [0.05, 0.1) is 5.92 Å². The van der Waals surface area contributed by atoms with E-state index in [4.69, 9.17) is 4.74 Å². The lowest BCUT2D eigenvalue weighted by Gasteiger charge is -2.29. The summed E-state index contributed by atoms with van der Waals surface area (Å²) in [6.45, 7) is 7.93. The molecule has 0 radical (unpaired) electrons. The van der Waals surface area contributed by atoms with Crippen LogP contribution < -0.4 is 0 Å². The van der Waals surface area contributed by atoms with Crippen molar-refractivity contribution in [1.29, 1.82) is 0 Å². The van der Waals surface area contributed by atoms with Gasteiger partial charge in [0.15, 0.2) is 0 Å². The molecule has 25 heavy (non-hydrogen) atoms. The predicted octanol–water partition coefficient (Wildman–Crippen LogP) is 2.98. The number of carbonyl (C=O) groups excluding carboxylic acids is 1. The Kier molecular flexibility index (Phi) is 6.59. The molecule has 0 spiro atoms. The van der Waals surface area contributed by atoms with Crippen molar-refractivity contribution in [2.24, 2.45) is 11.3 Å². The molecule has 1 aromatic rings. The van der Waals surface area contributed by atoms with Crippen molar-refractivity contribution in [2.45, 2.75) is 46.1 Å². The topological polar surface area (TPSA) is 66.8 Å². The molecule has 0 aliphatic carbocycles. The Morgan fingerprint density at radius 3 is 2.48 bits per heavy atom. The Hall–Kier alpha value is -1.88. The van der Waals surface area contributed by atoms with Gasteiger partial charge in [0, 0.05) is 19.7 Å². The molecule has 1 heterocycles. The molecule has 1 fully saturated rings. The molecule has 1 saturated heterocycles. The number of hydrogen-bond acceptors (Lipinski definition) is 3. The molecule has 1 aliphatic rings. The molecule has 1 aliphatic heterocycles. The van der Waals surface area contributed by atoms with Crippen LogP contribution in [0, 0.1) is 11.3 Å². The quantitative estimate of drug-likeness (QED) is 0.823. The third-order valence-corrected chi connectivity index (χ3v) is 4.61. The Bertz CT molecular complexity index is 579. The van der Waals surface area contributed by atoms with E-state index < -0.39 is 18.0 Å². The number of carbonyl (C=O) groups is 2. The van der Waals surface area contributed by atoms with Crippen LogP contribution in [0.25, 0.3) is 0 Å². The summed E-state index contributed by atoms with van der Waals surface area (Å²) in [6, 6.07) is 10.0. The van der Waals surface area contributed by atoms with E-state index in [1.807, 2.05) is 30.3 Å². The van der Waals surface area contributed by atoms with Gasteiger partial charge in [0.1, 0.15) is 6.10 Å². The van der Waals surface area contributed by atoms with Crippen molar-refractivity contribution in [3.05, 3.63) is 35.9 Å². The minimum Gasteiger partial charge on any atom is -0.481 e. The number of rotatable bonds is 7. The van der Waals surface area contributed by atoms with Gasteiger partial charge in [-0.25, -0.2) is 0 Å². The Morgan fingerprint density at radius 1 is 1.20 bits per heavy atom. The average Bonchev–Trinajstić information content (AvgIpc) is 3.04. The maximum atomic E-state index is 12.9. The number of nitrogens with zero attached hydrogens (tertiary/aromatic N) is 1. The second-order valence-corrected chi connectivity index (χ2v) is 7.90. The van der Waals surface area contributed by atoms with E-state index in [0.29, 0.717) is 26.1 Å². The summed E-state index contributed by atoms with van der Waals surface area (Å²) < 4.78 is 5.48. The van der Waals surface area contributed by atoms with Gasteiger partial charge in [-0.05, 0) is 30.2 Å². The number of ether oxygens (including phenoxy) is 1. The van der Waals surface area contributed by atoms with Gasteiger partial charge >= 0.3 is 5.97 Å². The molecular formula is C20H29NO4. The number of aliphatic carboxylic acids is 1. The monoisotopic (exact) mass is 347 g/mol. The van der Waals surface area contributed by atoms with Crippen LogP contribution >= 0.6 is 0 Å². The first-order valence-corrected chi connectivity index (χ1v) is 8.95. The first-order valence-electron chi connectivity index (χ1n) is 8.95. The first-order chi connectivity index (χ1) is 11.8. The molecule has 5 nitrogen and oxygen atoms in total. The van der Waals surface area contributed by atoms with Crippen LogP contribution in [0.4, 0.5) is 0 Å². The molecule has 1 N–H and O–H groups in total. The first kappa shape index (κ1) is 19.4. The van der Waals surface area contributed by atoms with E-state index >= 15 is 0 Å². The minimum atomic E-state index is -0.949. The fourth-order valence-corrected chi connectivity index (χ4v) is 2.98. The van der Waals surface area contributed by atoms with Gasteiger partial charge in [0.2, 0.25) is 0 Å². The van der Waals surface area contributed by atoms with E-state index in [-0.39, 0.29) is 11.3 Å². The van der Waals surface area contributed by atoms with Crippen LogP contribution in [-0.4, -0.2) is 47.7 Å². The normalized spacial score (nSPS) is 20.4. The third-order valence-electron chi connectivity index (χ3n) is 4.61. The molecular weight excluding hydrogens is 318 g/mol.